The van der Waals surface area contributed by atoms with Gasteiger partial charge in [-0.15, -0.1) is 5.10 Å². The van der Waals surface area contributed by atoms with Gasteiger partial charge in [-0.1, -0.05) is 72.8 Å². The fourth-order valence-electron chi connectivity index (χ4n) is 4.03. The summed E-state index contributed by atoms with van der Waals surface area (Å²) >= 11 is 0. The second kappa shape index (κ2) is 9.10. The zero-order valence-corrected chi connectivity index (χ0v) is 18.5. The van der Waals surface area contributed by atoms with Crippen LogP contribution in [0.3, 0.4) is 0 Å². The first-order valence-corrected chi connectivity index (χ1v) is 10.5. The SMILES string of the molecule is CN(C)c1ccc([C@@H](c2nnnn2C(c2ccccc2)c2ccccc2)[NH+](C)C)cc1. The van der Waals surface area contributed by atoms with Gasteiger partial charge in [-0.2, -0.15) is 0 Å². The van der Waals surface area contributed by atoms with Crippen LogP contribution < -0.4 is 9.80 Å². The second-order valence-electron chi connectivity index (χ2n) is 8.20. The Morgan fingerprint density at radius 2 is 1.29 bits per heavy atom. The predicted molar refractivity (Wildman–Crippen MR) is 123 cm³/mol. The van der Waals surface area contributed by atoms with E-state index in [1.54, 1.807) is 0 Å². The first kappa shape index (κ1) is 20.8. The fourth-order valence-corrected chi connectivity index (χ4v) is 4.03. The van der Waals surface area contributed by atoms with Crippen molar-refractivity contribution >= 4 is 5.69 Å². The molecule has 0 unspecified atom stereocenters. The molecular formula is C25H29N6+. The van der Waals surface area contributed by atoms with Crippen LogP contribution in [-0.4, -0.2) is 48.4 Å². The normalized spacial score (nSPS) is 12.3. The lowest BCUT2D eigenvalue weighted by Gasteiger charge is -2.25. The Bertz CT molecular complexity index is 1050. The smallest absolute Gasteiger partial charge is 0.215 e. The van der Waals surface area contributed by atoms with Crippen molar-refractivity contribution in [2.75, 3.05) is 33.1 Å². The quantitative estimate of drug-likeness (QED) is 0.506. The third kappa shape index (κ3) is 4.34. The molecule has 6 nitrogen and oxygen atoms in total. The van der Waals surface area contributed by atoms with Crippen molar-refractivity contribution < 1.29 is 4.90 Å². The van der Waals surface area contributed by atoms with E-state index in [0.29, 0.717) is 0 Å². The number of quaternary nitrogens is 1. The Kier molecular flexibility index (Phi) is 6.09. The van der Waals surface area contributed by atoms with Gasteiger partial charge in [-0.25, -0.2) is 4.68 Å². The minimum absolute atomic E-state index is 0.00105. The third-order valence-electron chi connectivity index (χ3n) is 5.57. The van der Waals surface area contributed by atoms with Crippen molar-refractivity contribution in [3.8, 4) is 0 Å². The molecule has 1 atom stereocenters. The molecule has 0 saturated carbocycles. The average molecular weight is 414 g/mol. The van der Waals surface area contributed by atoms with E-state index in [1.807, 2.05) is 16.8 Å². The molecule has 0 aliphatic carbocycles. The lowest BCUT2D eigenvalue weighted by Crippen LogP contribution is -3.06. The first-order chi connectivity index (χ1) is 15.1. The van der Waals surface area contributed by atoms with Crippen molar-refractivity contribution in [3.05, 3.63) is 107 Å². The molecule has 0 aliphatic rings. The monoisotopic (exact) mass is 413 g/mol. The number of tetrazole rings is 1. The molecule has 31 heavy (non-hydrogen) atoms. The van der Waals surface area contributed by atoms with Crippen molar-refractivity contribution in [3.63, 3.8) is 0 Å². The van der Waals surface area contributed by atoms with E-state index in [2.05, 4.69) is 121 Å². The average Bonchev–Trinajstić information content (AvgIpc) is 3.24. The molecule has 158 valence electrons. The summed E-state index contributed by atoms with van der Waals surface area (Å²) in [6.07, 6.45) is 0. The van der Waals surface area contributed by atoms with Gasteiger partial charge in [-0.3, -0.25) is 0 Å². The molecule has 0 saturated heterocycles. The summed E-state index contributed by atoms with van der Waals surface area (Å²) in [5.41, 5.74) is 4.65. The molecule has 0 aliphatic heterocycles. The summed E-state index contributed by atoms with van der Waals surface area (Å²) < 4.78 is 1.97. The second-order valence-corrected chi connectivity index (χ2v) is 8.20. The number of nitrogens with one attached hydrogen (secondary N) is 1. The molecule has 4 aromatic rings. The standard InChI is InChI=1S/C25H28N6/c1-29(2)22-17-15-21(16-18-22)24(30(3)4)25-26-27-28-31(25)23(19-11-7-5-8-12-19)20-13-9-6-10-14-20/h5-18,23-24H,1-4H3/p+1/t24-/m0/s1. The Labute approximate surface area is 183 Å². The number of hydrogen-bond donors (Lipinski definition) is 1. The highest BCUT2D eigenvalue weighted by atomic mass is 15.6. The van der Waals surface area contributed by atoms with Crippen LogP contribution in [0.1, 0.15) is 34.6 Å². The molecule has 1 aromatic heterocycles. The summed E-state index contributed by atoms with van der Waals surface area (Å²) in [6, 6.07) is 29.4. The fraction of sp³-hybridized carbons (Fsp3) is 0.240. The van der Waals surface area contributed by atoms with Gasteiger partial charge < -0.3 is 9.80 Å². The van der Waals surface area contributed by atoms with Gasteiger partial charge in [0.1, 0.15) is 6.04 Å². The Morgan fingerprint density at radius 1 is 0.742 bits per heavy atom. The minimum Gasteiger partial charge on any atom is -0.378 e. The van der Waals surface area contributed by atoms with Crippen molar-refractivity contribution in [2.45, 2.75) is 12.1 Å². The van der Waals surface area contributed by atoms with Gasteiger partial charge in [0.05, 0.1) is 14.1 Å². The van der Waals surface area contributed by atoms with E-state index in [4.69, 9.17) is 0 Å². The van der Waals surface area contributed by atoms with Gasteiger partial charge >= 0.3 is 0 Å². The highest BCUT2D eigenvalue weighted by Crippen LogP contribution is 2.29. The summed E-state index contributed by atoms with van der Waals surface area (Å²) in [5, 5.41) is 13.1. The molecule has 0 bridgehead atoms. The number of benzene rings is 3. The third-order valence-corrected chi connectivity index (χ3v) is 5.57. The van der Waals surface area contributed by atoms with Crippen LogP contribution in [0.15, 0.2) is 84.9 Å². The van der Waals surface area contributed by atoms with E-state index in [9.17, 15) is 0 Å². The largest absolute Gasteiger partial charge is 0.378 e. The Morgan fingerprint density at radius 3 is 1.77 bits per heavy atom. The van der Waals surface area contributed by atoms with E-state index < -0.39 is 0 Å². The topological polar surface area (TPSA) is 51.3 Å². The van der Waals surface area contributed by atoms with Gasteiger partial charge in [0, 0.05) is 25.3 Å². The molecule has 0 amide bonds. The minimum atomic E-state index is -0.102. The van der Waals surface area contributed by atoms with E-state index in [0.717, 1.165) is 17.0 Å². The zero-order chi connectivity index (χ0) is 21.8. The summed E-state index contributed by atoms with van der Waals surface area (Å²) in [7, 11) is 8.39. The number of rotatable bonds is 7. The van der Waals surface area contributed by atoms with Gasteiger partial charge in [-0.05, 0) is 33.7 Å². The maximum absolute atomic E-state index is 4.51. The molecule has 3 aromatic carbocycles. The number of hydrogen-bond acceptors (Lipinski definition) is 4. The predicted octanol–water partition coefficient (Wildman–Crippen LogP) is 2.61. The van der Waals surface area contributed by atoms with Crippen LogP contribution in [0.25, 0.3) is 0 Å². The molecule has 1 N–H and O–H groups in total. The maximum Gasteiger partial charge on any atom is 0.215 e. The highest BCUT2D eigenvalue weighted by Gasteiger charge is 2.31. The molecular weight excluding hydrogens is 384 g/mol. The van der Waals surface area contributed by atoms with Crippen LogP contribution in [0.4, 0.5) is 5.69 Å². The molecule has 0 spiro atoms. The molecule has 0 fully saturated rings. The lowest BCUT2D eigenvalue weighted by molar-refractivity contribution is -0.886. The van der Waals surface area contributed by atoms with Crippen molar-refractivity contribution in [2.24, 2.45) is 0 Å². The molecule has 0 radical (unpaired) electrons. The van der Waals surface area contributed by atoms with Crippen LogP contribution in [0, 0.1) is 0 Å². The van der Waals surface area contributed by atoms with E-state index in [-0.39, 0.29) is 12.1 Å². The summed E-state index contributed by atoms with van der Waals surface area (Å²) in [6.45, 7) is 0. The summed E-state index contributed by atoms with van der Waals surface area (Å²) in [5.74, 6) is 0.843. The lowest BCUT2D eigenvalue weighted by atomic mass is 9.97. The van der Waals surface area contributed by atoms with Crippen LogP contribution in [0.5, 0.6) is 0 Å². The number of aromatic nitrogens is 4. The van der Waals surface area contributed by atoms with Gasteiger partial charge in [0.25, 0.3) is 0 Å². The van der Waals surface area contributed by atoms with E-state index in [1.165, 1.54) is 16.2 Å². The van der Waals surface area contributed by atoms with Crippen molar-refractivity contribution in [1.29, 1.82) is 0 Å². The Balaban J connectivity index is 1.82. The zero-order valence-electron chi connectivity index (χ0n) is 18.5. The number of nitrogens with zero attached hydrogens (tertiary/aromatic N) is 5. The van der Waals surface area contributed by atoms with Crippen LogP contribution in [0.2, 0.25) is 0 Å². The Hall–Kier alpha value is -3.51. The van der Waals surface area contributed by atoms with Crippen LogP contribution in [-0.2, 0) is 0 Å². The van der Waals surface area contributed by atoms with Crippen LogP contribution >= 0.6 is 0 Å². The van der Waals surface area contributed by atoms with Gasteiger partial charge in [0.2, 0.25) is 5.82 Å². The maximum atomic E-state index is 4.51. The summed E-state index contributed by atoms with van der Waals surface area (Å²) in [4.78, 5) is 3.35. The highest BCUT2D eigenvalue weighted by molar-refractivity contribution is 5.47. The first-order valence-electron chi connectivity index (χ1n) is 10.5. The number of anilines is 1. The van der Waals surface area contributed by atoms with E-state index >= 15 is 0 Å². The van der Waals surface area contributed by atoms with Crippen molar-refractivity contribution in [1.82, 2.24) is 20.2 Å². The molecule has 1 heterocycles. The molecule has 4 rings (SSSR count). The molecule has 6 heteroatoms. The van der Waals surface area contributed by atoms with Gasteiger partial charge in [0.15, 0.2) is 6.04 Å².